The Hall–Kier alpha value is -1.73. The highest BCUT2D eigenvalue weighted by Gasteiger charge is 2.42. The fraction of sp³-hybridized carbons (Fsp3) is 0.444. The summed E-state index contributed by atoms with van der Waals surface area (Å²) in [7, 11) is 3.98. The Bertz CT molecular complexity index is 798. The zero-order valence-electron chi connectivity index (χ0n) is 14.9. The van der Waals surface area contributed by atoms with Crippen molar-refractivity contribution in [2.45, 2.75) is 25.9 Å². The lowest BCUT2D eigenvalue weighted by Gasteiger charge is -2.42. The van der Waals surface area contributed by atoms with Crippen molar-refractivity contribution < 1.29 is 9.18 Å². The molecule has 1 aliphatic heterocycles. The molecule has 25 heavy (non-hydrogen) atoms. The Balaban J connectivity index is 2.03. The Labute approximate surface area is 155 Å². The second-order valence-corrected chi connectivity index (χ2v) is 7.83. The molecular formula is C18H22BrFN4O. The van der Waals surface area contributed by atoms with E-state index in [9.17, 15) is 9.18 Å². The van der Waals surface area contributed by atoms with Crippen LogP contribution < -0.4 is 0 Å². The summed E-state index contributed by atoms with van der Waals surface area (Å²) < 4.78 is 15.9. The molecule has 134 valence electrons. The number of carbonyl (C=O) groups is 1. The van der Waals surface area contributed by atoms with Crippen LogP contribution in [0.15, 0.2) is 28.9 Å². The van der Waals surface area contributed by atoms with Crippen LogP contribution in [0.1, 0.15) is 19.7 Å². The molecule has 0 spiro atoms. The third-order valence-corrected chi connectivity index (χ3v) is 5.41. The number of nitrogens with zero attached hydrogens (tertiary/aromatic N) is 4. The molecule has 0 atom stereocenters. The minimum absolute atomic E-state index is 0.0723. The Kier molecular flexibility index (Phi) is 4.72. The Morgan fingerprint density at radius 3 is 2.52 bits per heavy atom. The molecule has 0 saturated carbocycles. The third-order valence-electron chi connectivity index (χ3n) is 4.61. The molecule has 1 amide bonds. The van der Waals surface area contributed by atoms with E-state index in [0.29, 0.717) is 6.54 Å². The molecular weight excluding hydrogens is 387 g/mol. The van der Waals surface area contributed by atoms with Crippen molar-refractivity contribution in [3.8, 4) is 11.3 Å². The number of rotatable bonds is 4. The summed E-state index contributed by atoms with van der Waals surface area (Å²) in [6.45, 7) is 5.72. The second kappa shape index (κ2) is 6.53. The van der Waals surface area contributed by atoms with Crippen molar-refractivity contribution in [2.75, 3.05) is 27.2 Å². The molecule has 7 heteroatoms. The number of hydrogen-bond acceptors (Lipinski definition) is 3. The van der Waals surface area contributed by atoms with Crippen molar-refractivity contribution in [1.29, 1.82) is 0 Å². The zero-order valence-corrected chi connectivity index (χ0v) is 16.5. The van der Waals surface area contributed by atoms with Crippen molar-refractivity contribution in [3.63, 3.8) is 0 Å². The number of likely N-dealkylation sites (N-methyl/N-ethyl adjacent to an activating group) is 1. The van der Waals surface area contributed by atoms with Gasteiger partial charge < -0.3 is 14.4 Å². The first-order chi connectivity index (χ1) is 11.7. The highest BCUT2D eigenvalue weighted by molar-refractivity contribution is 9.10. The molecule has 5 nitrogen and oxygen atoms in total. The van der Waals surface area contributed by atoms with Crippen LogP contribution in [0.5, 0.6) is 0 Å². The lowest BCUT2D eigenvalue weighted by molar-refractivity contribution is -0.141. The summed E-state index contributed by atoms with van der Waals surface area (Å²) in [6, 6.07) is 6.24. The van der Waals surface area contributed by atoms with Gasteiger partial charge in [0.2, 0.25) is 5.91 Å². The van der Waals surface area contributed by atoms with Gasteiger partial charge in [-0.2, -0.15) is 0 Å². The molecule has 1 aromatic carbocycles. The molecule has 2 heterocycles. The highest BCUT2D eigenvalue weighted by atomic mass is 79.9. The Morgan fingerprint density at radius 1 is 1.28 bits per heavy atom. The molecule has 0 aliphatic carbocycles. The van der Waals surface area contributed by atoms with Gasteiger partial charge in [0, 0.05) is 18.7 Å². The summed E-state index contributed by atoms with van der Waals surface area (Å²) in [6.07, 6.45) is 0. The summed E-state index contributed by atoms with van der Waals surface area (Å²) >= 11 is 3.58. The van der Waals surface area contributed by atoms with E-state index in [1.807, 2.05) is 37.4 Å². The fourth-order valence-corrected chi connectivity index (χ4v) is 3.80. The lowest BCUT2D eigenvalue weighted by Crippen LogP contribution is -2.54. The first kappa shape index (κ1) is 18.1. The number of imidazole rings is 1. The Morgan fingerprint density at radius 2 is 1.92 bits per heavy atom. The van der Waals surface area contributed by atoms with Gasteiger partial charge >= 0.3 is 0 Å². The number of aromatic nitrogens is 2. The molecule has 1 aromatic heterocycles. The van der Waals surface area contributed by atoms with Crippen LogP contribution in [-0.4, -0.2) is 52.4 Å². The summed E-state index contributed by atoms with van der Waals surface area (Å²) in [5.41, 5.74) is 1.02. The van der Waals surface area contributed by atoms with Crippen LogP contribution in [0.2, 0.25) is 0 Å². The predicted molar refractivity (Wildman–Crippen MR) is 98.6 cm³/mol. The summed E-state index contributed by atoms with van der Waals surface area (Å²) in [4.78, 5) is 21.5. The van der Waals surface area contributed by atoms with E-state index in [1.54, 1.807) is 12.1 Å². The van der Waals surface area contributed by atoms with Crippen LogP contribution in [0, 0.1) is 5.82 Å². The molecule has 0 bridgehead atoms. The number of benzene rings is 1. The minimum atomic E-state index is -0.522. The van der Waals surface area contributed by atoms with E-state index < -0.39 is 5.54 Å². The molecule has 0 N–H and O–H groups in total. The van der Waals surface area contributed by atoms with Crippen molar-refractivity contribution in [3.05, 3.63) is 40.5 Å². The standard InChI is InChI=1S/C18H22BrFN4O/c1-18(2)17-21-15(12-5-7-13(20)8-6-12)16(19)23(17)11-14(25)24(18)10-9-22(3)4/h5-8H,9-11H2,1-4H3. The average Bonchev–Trinajstić information content (AvgIpc) is 2.85. The van der Waals surface area contributed by atoms with Crippen molar-refractivity contribution in [2.24, 2.45) is 0 Å². The summed E-state index contributed by atoms with van der Waals surface area (Å²) in [5.74, 6) is 0.620. The van der Waals surface area contributed by atoms with Gasteiger partial charge in [-0.3, -0.25) is 4.79 Å². The van der Waals surface area contributed by atoms with Crippen LogP contribution in [0.3, 0.4) is 0 Å². The molecule has 0 fully saturated rings. The smallest absolute Gasteiger partial charge is 0.243 e. The lowest BCUT2D eigenvalue weighted by atomic mass is 9.99. The molecule has 0 radical (unpaired) electrons. The van der Waals surface area contributed by atoms with Gasteiger partial charge in [-0.25, -0.2) is 9.37 Å². The van der Waals surface area contributed by atoms with Crippen LogP contribution in [0.25, 0.3) is 11.3 Å². The van der Waals surface area contributed by atoms with Crippen LogP contribution >= 0.6 is 15.9 Å². The monoisotopic (exact) mass is 408 g/mol. The quantitative estimate of drug-likeness (QED) is 0.780. The molecule has 0 unspecified atom stereocenters. The topological polar surface area (TPSA) is 41.4 Å². The van der Waals surface area contributed by atoms with Crippen molar-refractivity contribution in [1.82, 2.24) is 19.4 Å². The number of halogens is 2. The molecule has 3 rings (SSSR count). The minimum Gasteiger partial charge on any atom is -0.328 e. The molecule has 0 saturated heterocycles. The van der Waals surface area contributed by atoms with E-state index in [1.165, 1.54) is 12.1 Å². The largest absolute Gasteiger partial charge is 0.328 e. The van der Waals surface area contributed by atoms with E-state index in [2.05, 4.69) is 20.8 Å². The predicted octanol–water partition coefficient (Wildman–Crippen LogP) is 3.09. The molecule has 1 aliphatic rings. The van der Waals surface area contributed by atoms with Crippen LogP contribution in [0.4, 0.5) is 4.39 Å². The maximum absolute atomic E-state index is 13.2. The van der Waals surface area contributed by atoms with Crippen molar-refractivity contribution >= 4 is 21.8 Å². The first-order valence-corrected chi connectivity index (χ1v) is 8.98. The van der Waals surface area contributed by atoms with Crippen LogP contribution in [-0.2, 0) is 16.9 Å². The van der Waals surface area contributed by atoms with Gasteiger partial charge in [0.25, 0.3) is 0 Å². The number of amides is 1. The van der Waals surface area contributed by atoms with Gasteiger partial charge in [-0.15, -0.1) is 0 Å². The third kappa shape index (κ3) is 3.22. The van der Waals surface area contributed by atoms with E-state index >= 15 is 0 Å². The first-order valence-electron chi connectivity index (χ1n) is 8.19. The molecule has 2 aromatic rings. The summed E-state index contributed by atoms with van der Waals surface area (Å²) in [5, 5.41) is 0. The van der Waals surface area contributed by atoms with Gasteiger partial charge in [0.05, 0.1) is 5.54 Å². The van der Waals surface area contributed by atoms with Gasteiger partial charge in [-0.1, -0.05) is 0 Å². The SMILES string of the molecule is CN(C)CCN1C(=O)Cn2c(nc(-c3ccc(F)cc3)c2Br)C1(C)C. The van der Waals surface area contributed by atoms with E-state index in [-0.39, 0.29) is 18.3 Å². The van der Waals surface area contributed by atoms with Gasteiger partial charge in [0.1, 0.15) is 28.5 Å². The highest BCUT2D eigenvalue weighted by Crippen LogP contribution is 2.38. The maximum Gasteiger partial charge on any atom is 0.243 e. The fourth-order valence-electron chi connectivity index (χ4n) is 3.19. The van der Waals surface area contributed by atoms with E-state index in [4.69, 9.17) is 4.98 Å². The second-order valence-electron chi connectivity index (χ2n) is 7.08. The van der Waals surface area contributed by atoms with E-state index in [0.717, 1.165) is 28.2 Å². The number of fused-ring (bicyclic) bond motifs is 1. The maximum atomic E-state index is 13.2. The number of hydrogen-bond donors (Lipinski definition) is 0. The number of carbonyl (C=O) groups excluding carboxylic acids is 1. The van der Waals surface area contributed by atoms with Gasteiger partial charge in [-0.05, 0) is 68.1 Å². The normalized spacial score (nSPS) is 16.4. The zero-order chi connectivity index (χ0) is 18.4. The average molecular weight is 409 g/mol. The van der Waals surface area contributed by atoms with Gasteiger partial charge in [0.15, 0.2) is 0 Å².